The third-order valence-corrected chi connectivity index (χ3v) is 5.14. The zero-order valence-electron chi connectivity index (χ0n) is 15.3. The third kappa shape index (κ3) is 5.90. The van der Waals surface area contributed by atoms with Crippen molar-refractivity contribution in [2.75, 3.05) is 5.32 Å². The summed E-state index contributed by atoms with van der Waals surface area (Å²) in [7, 11) is 0. The van der Waals surface area contributed by atoms with Crippen LogP contribution in [0.5, 0.6) is 5.75 Å². The highest BCUT2D eigenvalue weighted by Gasteiger charge is 2.18. The molecule has 0 saturated carbocycles. The number of thioether (sulfide) groups is 1. The lowest BCUT2D eigenvalue weighted by atomic mass is 10.2. The molecule has 27 heavy (non-hydrogen) atoms. The van der Waals surface area contributed by atoms with E-state index >= 15 is 0 Å². The van der Waals surface area contributed by atoms with E-state index in [9.17, 15) is 4.79 Å². The molecule has 0 aliphatic carbocycles. The topological polar surface area (TPSA) is 38.3 Å². The van der Waals surface area contributed by atoms with Crippen LogP contribution in [-0.4, -0.2) is 12.0 Å². The van der Waals surface area contributed by atoms with E-state index in [1.807, 2.05) is 79.7 Å². The summed E-state index contributed by atoms with van der Waals surface area (Å²) in [6.45, 7) is 1.94. The molecule has 0 bridgehead atoms. The van der Waals surface area contributed by atoms with Gasteiger partial charge in [-0.2, -0.15) is 0 Å². The Morgan fingerprint density at radius 2 is 1.56 bits per heavy atom. The van der Waals surface area contributed by atoms with Gasteiger partial charge in [-0.25, -0.2) is 0 Å². The number of amides is 1. The van der Waals surface area contributed by atoms with Gasteiger partial charge in [0, 0.05) is 16.3 Å². The zero-order chi connectivity index (χ0) is 18.9. The monoisotopic (exact) mass is 377 g/mol. The van der Waals surface area contributed by atoms with Crippen molar-refractivity contribution in [3.8, 4) is 5.75 Å². The number of hydrogen-bond donors (Lipinski definition) is 1. The average Bonchev–Trinajstić information content (AvgIpc) is 2.73. The zero-order valence-corrected chi connectivity index (χ0v) is 16.1. The van der Waals surface area contributed by atoms with Gasteiger partial charge in [-0.15, -0.1) is 11.8 Å². The van der Waals surface area contributed by atoms with Gasteiger partial charge in [0.1, 0.15) is 5.75 Å². The first-order chi connectivity index (χ1) is 13.2. The first-order valence-electron chi connectivity index (χ1n) is 9.04. The summed E-state index contributed by atoms with van der Waals surface area (Å²) in [6.07, 6.45) is 0.0905. The Kier molecular flexibility index (Phi) is 6.94. The lowest BCUT2D eigenvalue weighted by molar-refractivity contribution is -0.122. The molecule has 4 heteroatoms. The Bertz CT molecular complexity index is 835. The van der Waals surface area contributed by atoms with E-state index < -0.39 is 6.10 Å². The molecular weight excluding hydrogens is 354 g/mol. The van der Waals surface area contributed by atoms with Crippen molar-refractivity contribution in [2.24, 2.45) is 0 Å². The predicted octanol–water partition coefficient (Wildman–Crippen LogP) is 5.78. The fourth-order valence-electron chi connectivity index (χ4n) is 2.58. The molecule has 3 nitrogen and oxygen atoms in total. The van der Waals surface area contributed by atoms with Crippen molar-refractivity contribution < 1.29 is 9.53 Å². The summed E-state index contributed by atoms with van der Waals surface area (Å²) in [5, 5.41) is 2.94. The number of benzene rings is 3. The molecule has 1 atom stereocenters. The van der Waals surface area contributed by atoms with E-state index in [4.69, 9.17) is 4.74 Å². The Hall–Kier alpha value is -2.72. The van der Waals surface area contributed by atoms with Gasteiger partial charge in [0.25, 0.3) is 5.91 Å². The average molecular weight is 378 g/mol. The molecule has 3 aromatic carbocycles. The molecule has 138 valence electrons. The number of rotatable bonds is 8. The van der Waals surface area contributed by atoms with Gasteiger partial charge in [0.2, 0.25) is 0 Å². The minimum atomic E-state index is -0.513. The fraction of sp³-hybridized carbons (Fsp3) is 0.174. The number of hydrogen-bond acceptors (Lipinski definition) is 3. The Balaban J connectivity index is 1.54. The second-order valence-electron chi connectivity index (χ2n) is 6.12. The van der Waals surface area contributed by atoms with Crippen molar-refractivity contribution in [2.45, 2.75) is 30.1 Å². The number of anilines is 1. The molecule has 0 unspecified atom stereocenters. The van der Waals surface area contributed by atoms with E-state index in [1.54, 1.807) is 11.8 Å². The van der Waals surface area contributed by atoms with Crippen LogP contribution in [0.15, 0.2) is 89.8 Å². The van der Waals surface area contributed by atoms with E-state index in [0.717, 1.165) is 11.4 Å². The summed E-state index contributed by atoms with van der Waals surface area (Å²) in [5.41, 5.74) is 2.00. The van der Waals surface area contributed by atoms with Crippen molar-refractivity contribution >= 4 is 23.4 Å². The Morgan fingerprint density at radius 3 is 2.19 bits per heavy atom. The largest absolute Gasteiger partial charge is 0.481 e. The molecule has 0 radical (unpaired) electrons. The molecule has 1 amide bonds. The SMILES string of the molecule is CC[C@H](Oc1ccccc1)C(=O)Nc1ccc(CSc2ccccc2)cc1. The van der Waals surface area contributed by atoms with Crippen molar-refractivity contribution in [1.29, 1.82) is 0 Å². The number of nitrogens with one attached hydrogen (secondary N) is 1. The summed E-state index contributed by atoms with van der Waals surface area (Å²) in [6, 6.07) is 27.7. The maximum Gasteiger partial charge on any atom is 0.265 e. The van der Waals surface area contributed by atoms with Crippen LogP contribution in [0.1, 0.15) is 18.9 Å². The van der Waals surface area contributed by atoms with Gasteiger partial charge in [-0.05, 0) is 48.4 Å². The minimum Gasteiger partial charge on any atom is -0.481 e. The molecule has 0 saturated heterocycles. The first kappa shape index (κ1) is 19.1. The quantitative estimate of drug-likeness (QED) is 0.506. The van der Waals surface area contributed by atoms with Gasteiger partial charge in [-0.1, -0.05) is 55.5 Å². The second kappa shape index (κ2) is 9.83. The standard InChI is InChI=1S/C23H23NO2S/c1-2-22(26-20-9-5-3-6-10-20)23(25)24-19-15-13-18(14-16-19)17-27-21-11-7-4-8-12-21/h3-16,22H,2,17H2,1H3,(H,24,25)/t22-/m0/s1. The molecule has 0 aliphatic heterocycles. The van der Waals surface area contributed by atoms with Crippen molar-refractivity contribution in [3.63, 3.8) is 0 Å². The normalized spacial score (nSPS) is 11.6. The summed E-state index contributed by atoms with van der Waals surface area (Å²) < 4.78 is 5.79. The van der Waals surface area contributed by atoms with Crippen LogP contribution in [-0.2, 0) is 10.5 Å². The van der Waals surface area contributed by atoms with Gasteiger partial charge in [-0.3, -0.25) is 4.79 Å². The molecule has 0 fully saturated rings. The van der Waals surface area contributed by atoms with Crippen molar-refractivity contribution in [3.05, 3.63) is 90.5 Å². The highest BCUT2D eigenvalue weighted by Crippen LogP contribution is 2.23. The smallest absolute Gasteiger partial charge is 0.265 e. The highest BCUT2D eigenvalue weighted by molar-refractivity contribution is 7.98. The van der Waals surface area contributed by atoms with Crippen LogP contribution < -0.4 is 10.1 Å². The van der Waals surface area contributed by atoms with E-state index in [1.165, 1.54) is 10.5 Å². The lowest BCUT2D eigenvalue weighted by Crippen LogP contribution is -2.32. The molecule has 0 aromatic heterocycles. The van der Waals surface area contributed by atoms with Crippen molar-refractivity contribution in [1.82, 2.24) is 0 Å². The van der Waals surface area contributed by atoms with Gasteiger partial charge in [0.05, 0.1) is 0 Å². The summed E-state index contributed by atoms with van der Waals surface area (Å²) >= 11 is 1.80. The number of carbonyl (C=O) groups is 1. The van der Waals surface area contributed by atoms with Crippen LogP contribution in [0.3, 0.4) is 0 Å². The Morgan fingerprint density at radius 1 is 0.926 bits per heavy atom. The van der Waals surface area contributed by atoms with Crippen LogP contribution in [0, 0.1) is 0 Å². The fourth-order valence-corrected chi connectivity index (χ4v) is 3.45. The minimum absolute atomic E-state index is 0.132. The maximum absolute atomic E-state index is 12.5. The number of ether oxygens (including phenoxy) is 1. The van der Waals surface area contributed by atoms with Crippen LogP contribution in [0.2, 0.25) is 0 Å². The molecule has 0 heterocycles. The van der Waals surface area contributed by atoms with Gasteiger partial charge < -0.3 is 10.1 Å². The molecule has 3 rings (SSSR count). The van der Waals surface area contributed by atoms with E-state index in [0.29, 0.717) is 12.2 Å². The summed E-state index contributed by atoms with van der Waals surface area (Å²) in [4.78, 5) is 13.8. The highest BCUT2D eigenvalue weighted by atomic mass is 32.2. The maximum atomic E-state index is 12.5. The number of para-hydroxylation sites is 1. The van der Waals surface area contributed by atoms with Gasteiger partial charge >= 0.3 is 0 Å². The molecule has 0 aliphatic rings. The number of carbonyl (C=O) groups excluding carboxylic acids is 1. The molecule has 3 aromatic rings. The van der Waals surface area contributed by atoms with Gasteiger partial charge in [0.15, 0.2) is 6.10 Å². The lowest BCUT2D eigenvalue weighted by Gasteiger charge is -2.17. The molecular formula is C23H23NO2S. The van der Waals surface area contributed by atoms with E-state index in [-0.39, 0.29) is 5.91 Å². The predicted molar refractivity (Wildman–Crippen MR) is 112 cm³/mol. The summed E-state index contributed by atoms with van der Waals surface area (Å²) in [5.74, 6) is 1.47. The third-order valence-electron chi connectivity index (χ3n) is 4.05. The van der Waals surface area contributed by atoms with E-state index in [2.05, 4.69) is 17.4 Å². The second-order valence-corrected chi connectivity index (χ2v) is 7.16. The molecule has 0 spiro atoms. The van der Waals surface area contributed by atoms with Crippen LogP contribution >= 0.6 is 11.8 Å². The Labute approximate surface area is 164 Å². The first-order valence-corrected chi connectivity index (χ1v) is 10.0. The van der Waals surface area contributed by atoms with Crippen LogP contribution in [0.25, 0.3) is 0 Å². The molecule has 1 N–H and O–H groups in total. The van der Waals surface area contributed by atoms with Crippen LogP contribution in [0.4, 0.5) is 5.69 Å².